The van der Waals surface area contributed by atoms with Gasteiger partial charge in [-0.2, -0.15) is 0 Å². The highest BCUT2D eigenvalue weighted by atomic mass is 19.1. The maximum Gasteiger partial charge on any atom is 0.260 e. The lowest BCUT2D eigenvalue weighted by Gasteiger charge is -2.18. The molecular formula is C22H23FN2O2. The Morgan fingerprint density at radius 2 is 1.89 bits per heavy atom. The third-order valence-corrected chi connectivity index (χ3v) is 5.35. The van der Waals surface area contributed by atoms with Gasteiger partial charge in [-0.3, -0.25) is 9.69 Å². The maximum absolute atomic E-state index is 13.8. The van der Waals surface area contributed by atoms with E-state index in [-0.39, 0.29) is 17.8 Å². The van der Waals surface area contributed by atoms with Gasteiger partial charge in [-0.25, -0.2) is 4.39 Å². The minimum atomic E-state index is -0.371. The van der Waals surface area contributed by atoms with Gasteiger partial charge in [-0.05, 0) is 43.8 Å². The third-order valence-electron chi connectivity index (χ3n) is 5.35. The van der Waals surface area contributed by atoms with Gasteiger partial charge in [-0.15, -0.1) is 0 Å². The van der Waals surface area contributed by atoms with Crippen LogP contribution in [0.1, 0.15) is 49.1 Å². The maximum atomic E-state index is 13.8. The molecule has 5 heteroatoms. The molecule has 0 aliphatic carbocycles. The van der Waals surface area contributed by atoms with Crippen LogP contribution in [0.5, 0.6) is 0 Å². The number of carbonyl (C=O) groups excluding carboxylic acids is 1. The van der Waals surface area contributed by atoms with Gasteiger partial charge in [0.25, 0.3) is 5.91 Å². The normalized spacial score (nSPS) is 20.5. The number of ether oxygens (including phenoxy) is 1. The van der Waals surface area contributed by atoms with Gasteiger partial charge >= 0.3 is 0 Å². The molecule has 2 aromatic carbocycles. The Bertz CT molecular complexity index is 947. The van der Waals surface area contributed by atoms with E-state index in [1.165, 1.54) is 17.7 Å². The molecule has 0 bridgehead atoms. The molecule has 0 saturated carbocycles. The van der Waals surface area contributed by atoms with Crippen molar-refractivity contribution in [3.63, 3.8) is 0 Å². The SMILES string of the molecule is CCN(CC)Cc1ccc2c(c1)C(C)O/C2=C1/C(=O)Nc2ccc(F)cc21. The first-order chi connectivity index (χ1) is 13.0. The van der Waals surface area contributed by atoms with E-state index in [1.807, 2.05) is 13.0 Å². The number of carbonyl (C=O) groups is 1. The predicted octanol–water partition coefficient (Wildman–Crippen LogP) is 4.58. The number of benzene rings is 2. The van der Waals surface area contributed by atoms with Crippen molar-refractivity contribution in [1.29, 1.82) is 0 Å². The Balaban J connectivity index is 1.78. The number of hydrogen-bond acceptors (Lipinski definition) is 3. The highest BCUT2D eigenvalue weighted by molar-refractivity contribution is 6.36. The van der Waals surface area contributed by atoms with Crippen molar-refractivity contribution >= 4 is 22.9 Å². The summed E-state index contributed by atoms with van der Waals surface area (Å²) in [7, 11) is 0. The van der Waals surface area contributed by atoms with E-state index in [1.54, 1.807) is 6.07 Å². The molecule has 0 fully saturated rings. The van der Waals surface area contributed by atoms with Crippen molar-refractivity contribution in [1.82, 2.24) is 4.90 Å². The van der Waals surface area contributed by atoms with E-state index < -0.39 is 0 Å². The number of hydrogen-bond donors (Lipinski definition) is 1. The first-order valence-electron chi connectivity index (χ1n) is 9.39. The molecule has 0 aromatic heterocycles. The summed E-state index contributed by atoms with van der Waals surface area (Å²) in [4.78, 5) is 14.9. The summed E-state index contributed by atoms with van der Waals surface area (Å²) < 4.78 is 19.8. The average molecular weight is 366 g/mol. The standard InChI is InChI=1S/C22H23FN2O2/c1-4-25(5-2)12-14-6-8-16-17(10-14)13(3)27-21(16)20-18-11-15(23)7-9-19(18)24-22(20)26/h6-11,13H,4-5,12H2,1-3H3,(H,24,26)/b21-20+. The Hall–Kier alpha value is -2.66. The molecule has 2 heterocycles. The van der Waals surface area contributed by atoms with Crippen molar-refractivity contribution in [2.75, 3.05) is 18.4 Å². The van der Waals surface area contributed by atoms with Crippen LogP contribution in [0.25, 0.3) is 11.3 Å². The van der Waals surface area contributed by atoms with Crippen molar-refractivity contribution in [3.05, 3.63) is 64.5 Å². The Morgan fingerprint density at radius 3 is 2.63 bits per heavy atom. The quantitative estimate of drug-likeness (QED) is 0.806. The van der Waals surface area contributed by atoms with E-state index in [9.17, 15) is 9.18 Å². The molecule has 140 valence electrons. The second-order valence-electron chi connectivity index (χ2n) is 6.99. The number of halogens is 1. The first-order valence-corrected chi connectivity index (χ1v) is 9.39. The van der Waals surface area contributed by atoms with Gasteiger partial charge < -0.3 is 10.1 Å². The van der Waals surface area contributed by atoms with Crippen LogP contribution in [-0.4, -0.2) is 23.9 Å². The predicted molar refractivity (Wildman–Crippen MR) is 104 cm³/mol. The Kier molecular flexibility index (Phi) is 4.48. The molecular weight excluding hydrogens is 343 g/mol. The van der Waals surface area contributed by atoms with Crippen LogP contribution in [0.15, 0.2) is 36.4 Å². The second-order valence-corrected chi connectivity index (χ2v) is 6.99. The van der Waals surface area contributed by atoms with Crippen LogP contribution in [0.2, 0.25) is 0 Å². The van der Waals surface area contributed by atoms with Gasteiger partial charge in [0.05, 0.1) is 5.57 Å². The lowest BCUT2D eigenvalue weighted by Crippen LogP contribution is -2.22. The molecule has 0 saturated heterocycles. The molecule has 1 atom stereocenters. The second kappa shape index (κ2) is 6.82. The van der Waals surface area contributed by atoms with Crippen LogP contribution in [-0.2, 0) is 16.1 Å². The number of nitrogens with one attached hydrogen (secondary N) is 1. The molecule has 2 aliphatic heterocycles. The number of amides is 1. The summed E-state index contributed by atoms with van der Waals surface area (Å²) in [5.74, 6) is -0.0872. The largest absolute Gasteiger partial charge is 0.484 e. The van der Waals surface area contributed by atoms with Crippen molar-refractivity contribution in [3.8, 4) is 0 Å². The molecule has 1 N–H and O–H groups in total. The molecule has 1 unspecified atom stereocenters. The molecule has 4 nitrogen and oxygen atoms in total. The summed E-state index contributed by atoms with van der Waals surface area (Å²) in [6.07, 6.45) is -0.149. The van der Waals surface area contributed by atoms with E-state index >= 15 is 0 Å². The van der Waals surface area contributed by atoms with E-state index in [0.717, 1.165) is 30.8 Å². The van der Waals surface area contributed by atoms with Crippen LogP contribution in [0.3, 0.4) is 0 Å². The minimum Gasteiger partial charge on any atom is -0.484 e. The van der Waals surface area contributed by atoms with Gasteiger partial charge in [0.2, 0.25) is 0 Å². The minimum absolute atomic E-state index is 0.149. The van der Waals surface area contributed by atoms with E-state index in [4.69, 9.17) is 4.74 Å². The average Bonchev–Trinajstić information content (AvgIpc) is 3.15. The summed E-state index contributed by atoms with van der Waals surface area (Å²) in [5.41, 5.74) is 4.79. The van der Waals surface area contributed by atoms with Gasteiger partial charge in [0, 0.05) is 28.9 Å². The highest BCUT2D eigenvalue weighted by Gasteiger charge is 2.35. The number of rotatable bonds is 4. The summed E-state index contributed by atoms with van der Waals surface area (Å²) in [6, 6.07) is 10.6. The summed E-state index contributed by atoms with van der Waals surface area (Å²) in [6.45, 7) is 9.16. The van der Waals surface area contributed by atoms with Crippen LogP contribution < -0.4 is 5.32 Å². The van der Waals surface area contributed by atoms with Crippen molar-refractivity contribution in [2.24, 2.45) is 0 Å². The molecule has 27 heavy (non-hydrogen) atoms. The van der Waals surface area contributed by atoms with Crippen LogP contribution >= 0.6 is 0 Å². The third kappa shape index (κ3) is 3.02. The zero-order valence-electron chi connectivity index (χ0n) is 15.8. The lowest BCUT2D eigenvalue weighted by molar-refractivity contribution is -0.110. The van der Waals surface area contributed by atoms with Gasteiger partial charge in [-0.1, -0.05) is 32.0 Å². The molecule has 2 aromatic rings. The fourth-order valence-electron chi connectivity index (χ4n) is 3.82. The highest BCUT2D eigenvalue weighted by Crippen LogP contribution is 2.45. The number of nitrogens with zero attached hydrogens (tertiary/aromatic N) is 1. The molecule has 1 amide bonds. The van der Waals surface area contributed by atoms with Crippen molar-refractivity contribution < 1.29 is 13.9 Å². The van der Waals surface area contributed by atoms with Crippen LogP contribution in [0.4, 0.5) is 10.1 Å². The molecule has 0 spiro atoms. The van der Waals surface area contributed by atoms with E-state index in [0.29, 0.717) is 22.6 Å². The van der Waals surface area contributed by atoms with Crippen LogP contribution in [0, 0.1) is 5.82 Å². The number of anilines is 1. The monoisotopic (exact) mass is 366 g/mol. The van der Waals surface area contributed by atoms with Crippen molar-refractivity contribution in [2.45, 2.75) is 33.4 Å². The number of fused-ring (bicyclic) bond motifs is 2. The fourth-order valence-corrected chi connectivity index (χ4v) is 3.82. The smallest absolute Gasteiger partial charge is 0.260 e. The van der Waals surface area contributed by atoms with E-state index in [2.05, 4.69) is 36.2 Å². The lowest BCUT2D eigenvalue weighted by atomic mass is 9.97. The fraction of sp³-hybridized carbons (Fsp3) is 0.318. The molecule has 2 aliphatic rings. The molecule has 0 radical (unpaired) electrons. The summed E-state index contributed by atoms with van der Waals surface area (Å²) >= 11 is 0. The molecule has 4 rings (SSSR count). The Labute approximate surface area is 158 Å². The topological polar surface area (TPSA) is 41.6 Å². The Morgan fingerprint density at radius 1 is 1.11 bits per heavy atom. The van der Waals surface area contributed by atoms with Gasteiger partial charge in [0.15, 0.2) is 0 Å². The zero-order valence-corrected chi connectivity index (χ0v) is 15.8. The summed E-state index contributed by atoms with van der Waals surface area (Å²) in [5, 5.41) is 2.80. The first kappa shape index (κ1) is 17.7. The zero-order chi connectivity index (χ0) is 19.1. The van der Waals surface area contributed by atoms with Gasteiger partial charge in [0.1, 0.15) is 17.7 Å².